The standard InChI is InChI=1S/6C9H10O2.3C3H10Si.2C3H8.2C2H6.3CH6Si/c6*1-9(2)10-7-5-3-4-6-8(7)11-9;3*1-2-3-4;2*1-3-2;5*1-2/h6*3-6H,1-2H3;3*2-3H2,1,4H3;2*3H2,1-2H3;5*1-2H3. The zero-order chi connectivity index (χ0) is 73.0. The van der Waals surface area contributed by atoms with Gasteiger partial charge in [0.2, 0.25) is 34.7 Å². The second kappa shape index (κ2) is 53.4. The van der Waals surface area contributed by atoms with E-state index in [9.17, 15) is 0 Å². The summed E-state index contributed by atoms with van der Waals surface area (Å²) in [7, 11) is 8.09. The van der Waals surface area contributed by atoms with Crippen LogP contribution in [-0.2, 0) is 0 Å². The van der Waals surface area contributed by atoms with Crippen LogP contribution in [0.3, 0.4) is 0 Å². The van der Waals surface area contributed by atoms with Crippen molar-refractivity contribution in [3.63, 3.8) is 0 Å². The number of benzene rings is 6. The lowest BCUT2D eigenvalue weighted by molar-refractivity contribution is -0.0437. The lowest BCUT2D eigenvalue weighted by Crippen LogP contribution is -2.29. The molecule has 18 heteroatoms. The molecule has 0 bridgehead atoms. The fourth-order valence-electron chi connectivity index (χ4n) is 7.02. The van der Waals surface area contributed by atoms with Gasteiger partial charge in [0.15, 0.2) is 69.0 Å². The van der Waals surface area contributed by atoms with E-state index in [1.807, 2.05) is 256 Å². The summed E-state index contributed by atoms with van der Waals surface area (Å²) in [6, 6.07) is 50.5. The first-order valence-electron chi connectivity index (χ1n) is 35.4. The van der Waals surface area contributed by atoms with Gasteiger partial charge < -0.3 is 56.8 Å². The largest absolute Gasteiger partial charge is 0.449 e. The third-order valence-corrected chi connectivity index (χ3v) is 13.9. The van der Waals surface area contributed by atoms with Crippen molar-refractivity contribution < 1.29 is 56.8 Å². The van der Waals surface area contributed by atoms with Crippen LogP contribution < -0.4 is 56.8 Å². The molecule has 0 fully saturated rings. The predicted molar refractivity (Wildman–Crippen MR) is 428 cm³/mol. The molecule has 6 aromatic rings. The molecule has 12 nitrogen and oxygen atoms in total. The summed E-state index contributed by atoms with van der Waals surface area (Å²) < 4.78 is 65.7. The van der Waals surface area contributed by atoms with Crippen molar-refractivity contribution >= 4 is 61.5 Å². The Hall–Kier alpha value is -5.78. The molecule has 0 saturated carbocycles. The van der Waals surface area contributed by atoms with Crippen LogP contribution in [0.2, 0.25) is 37.8 Å². The van der Waals surface area contributed by atoms with Gasteiger partial charge in [0, 0.05) is 114 Å². The van der Waals surface area contributed by atoms with Crippen LogP contribution in [0.25, 0.3) is 0 Å². The minimum absolute atomic E-state index is 0.496. The van der Waals surface area contributed by atoms with E-state index in [2.05, 4.69) is 68.1 Å². The second-order valence-electron chi connectivity index (χ2n) is 22.7. The molecule has 6 aliphatic heterocycles. The summed E-state index contributed by atoms with van der Waals surface area (Å²) in [6.45, 7) is 52.3. The average Bonchev–Trinajstić information content (AvgIpc) is 1.86. The van der Waals surface area contributed by atoms with Gasteiger partial charge in [-0.15, -0.1) is 0 Å². The lowest BCUT2D eigenvalue weighted by Gasteiger charge is -2.16. The lowest BCUT2D eigenvalue weighted by atomic mass is 10.3. The summed E-state index contributed by atoms with van der Waals surface area (Å²) in [5.41, 5.74) is 0. The maximum Gasteiger partial charge on any atom is 0.246 e. The van der Waals surface area contributed by atoms with Crippen molar-refractivity contribution in [3.05, 3.63) is 146 Å². The van der Waals surface area contributed by atoms with Gasteiger partial charge in [0.1, 0.15) is 0 Å². The fourth-order valence-corrected chi connectivity index (χ4v) is 7.02. The van der Waals surface area contributed by atoms with E-state index in [0.29, 0.717) is 0 Å². The SMILES string of the molecule is CC.CC.CC1(C)Oc2ccccc2O1.CC1(C)Oc2ccccc2O1.CC1(C)Oc2ccccc2O1.CC1(C)Oc2ccccc2O1.CC1(C)Oc2ccccc2O1.CC1(C)Oc2ccccc2O1.CCC.CCC.CCC[SiH3].CCC[SiH3].CCC[SiH3].C[SiH3].C[SiH3].C[SiH3]. The highest BCUT2D eigenvalue weighted by Crippen LogP contribution is 2.42. The Balaban J connectivity index is -0.000000480. The maximum atomic E-state index is 5.47. The molecule has 536 valence electrons. The molecule has 6 aliphatic rings. The Morgan fingerprint density at radius 3 is 0.330 bits per heavy atom. The smallest absolute Gasteiger partial charge is 0.246 e. The van der Waals surface area contributed by atoms with Gasteiger partial charge in [-0.1, -0.05) is 219 Å². The Morgan fingerprint density at radius 2 is 0.277 bits per heavy atom. The first-order chi connectivity index (χ1) is 44.6. The number of rotatable bonds is 3. The molecule has 0 spiro atoms. The van der Waals surface area contributed by atoms with E-state index in [-0.39, 0.29) is 0 Å². The van der Waals surface area contributed by atoms with Crippen LogP contribution in [0.15, 0.2) is 146 Å². The third-order valence-electron chi connectivity index (χ3n) is 10.9. The molecule has 12 rings (SSSR count). The van der Waals surface area contributed by atoms with Gasteiger partial charge in [-0.2, -0.15) is 0 Å². The first-order valence-corrected chi connectivity index (χ1v) is 45.7. The first kappa shape index (κ1) is 94.6. The van der Waals surface area contributed by atoms with Crippen LogP contribution in [-0.4, -0.2) is 96.2 Å². The van der Waals surface area contributed by atoms with Crippen LogP contribution in [0.1, 0.15) is 191 Å². The average molecular weight is 1410 g/mol. The Morgan fingerprint density at radius 1 is 0.213 bits per heavy atom. The van der Waals surface area contributed by atoms with Crippen molar-refractivity contribution in [2.24, 2.45) is 0 Å². The zero-order valence-corrected chi connectivity index (χ0v) is 77.4. The summed E-state index contributed by atoms with van der Waals surface area (Å²) in [6.07, 6.45) is 6.64. The van der Waals surface area contributed by atoms with Crippen molar-refractivity contribution in [2.75, 3.05) is 0 Å². The second-order valence-corrected chi connectivity index (χ2v) is 25.7. The molecule has 94 heavy (non-hydrogen) atoms. The minimum Gasteiger partial charge on any atom is -0.449 e. The molecule has 0 unspecified atom stereocenters. The highest BCUT2D eigenvalue weighted by molar-refractivity contribution is 6.08. The summed E-state index contributed by atoms with van der Waals surface area (Å²) >= 11 is 0. The molecule has 0 atom stereocenters. The van der Waals surface area contributed by atoms with E-state index in [0.717, 1.165) is 69.0 Å². The van der Waals surface area contributed by atoms with Gasteiger partial charge in [-0.25, -0.2) is 0 Å². The van der Waals surface area contributed by atoms with Crippen LogP contribution in [0.4, 0.5) is 0 Å². The molecule has 0 aromatic heterocycles. The van der Waals surface area contributed by atoms with Crippen molar-refractivity contribution in [3.8, 4) is 69.0 Å². The Labute approximate surface area is 593 Å². The van der Waals surface area contributed by atoms with E-state index in [1.165, 1.54) is 112 Å². The molecule has 6 aromatic carbocycles. The van der Waals surface area contributed by atoms with Crippen molar-refractivity contribution in [1.82, 2.24) is 0 Å². The topological polar surface area (TPSA) is 111 Å². The normalized spacial score (nSPS) is 14.7. The summed E-state index contributed by atoms with van der Waals surface area (Å²) in [4.78, 5) is 0. The number of ether oxygens (including phenoxy) is 12. The molecule has 0 saturated heterocycles. The van der Waals surface area contributed by atoms with Crippen LogP contribution >= 0.6 is 0 Å². The Kier molecular flexibility index (Phi) is 53.7. The van der Waals surface area contributed by atoms with E-state index in [1.54, 1.807) is 0 Å². The van der Waals surface area contributed by atoms with Gasteiger partial charge in [-0.3, -0.25) is 0 Å². The monoisotopic (exact) mass is 1410 g/mol. The summed E-state index contributed by atoms with van der Waals surface area (Å²) in [5, 5.41) is 0. The van der Waals surface area contributed by atoms with Crippen molar-refractivity contribution in [1.29, 1.82) is 0 Å². The molecule has 6 heterocycles. The number of hydrogen-bond donors (Lipinski definition) is 0. The van der Waals surface area contributed by atoms with Crippen molar-refractivity contribution in [2.45, 2.75) is 264 Å². The molecular formula is C76H136O12Si6. The van der Waals surface area contributed by atoms with E-state index >= 15 is 0 Å². The van der Waals surface area contributed by atoms with Crippen LogP contribution in [0.5, 0.6) is 69.0 Å². The minimum atomic E-state index is -0.496. The van der Waals surface area contributed by atoms with E-state index < -0.39 is 34.7 Å². The molecular weight excluding hydrogens is 1270 g/mol. The van der Waals surface area contributed by atoms with E-state index in [4.69, 9.17) is 56.8 Å². The number of para-hydroxylation sites is 12. The molecule has 0 N–H and O–H groups in total. The number of hydrogen-bond acceptors (Lipinski definition) is 12. The van der Waals surface area contributed by atoms with Gasteiger partial charge >= 0.3 is 0 Å². The van der Waals surface area contributed by atoms with Crippen LogP contribution in [0, 0.1) is 0 Å². The maximum absolute atomic E-state index is 5.47. The third kappa shape index (κ3) is 41.2. The van der Waals surface area contributed by atoms with Gasteiger partial charge in [0.05, 0.1) is 0 Å². The Bertz CT molecular complexity index is 2130. The fraction of sp³-hybridized carbons (Fsp3) is 0.526. The highest BCUT2D eigenvalue weighted by Gasteiger charge is 2.35. The quantitative estimate of drug-likeness (QED) is 0.157. The molecule has 0 amide bonds. The predicted octanol–water partition coefficient (Wildman–Crippen LogP) is 16.8. The summed E-state index contributed by atoms with van der Waals surface area (Å²) in [5.74, 6) is 6.99. The molecule has 0 aliphatic carbocycles. The molecule has 0 radical (unpaired) electrons. The number of fused-ring (bicyclic) bond motifs is 6. The van der Waals surface area contributed by atoms with Gasteiger partial charge in [-0.05, 0) is 104 Å². The highest BCUT2D eigenvalue weighted by atomic mass is 28.2. The van der Waals surface area contributed by atoms with Gasteiger partial charge in [0.25, 0.3) is 0 Å². The zero-order valence-electron chi connectivity index (χ0n) is 65.4.